The lowest BCUT2D eigenvalue weighted by atomic mass is 10.4. The van der Waals surface area contributed by atoms with Gasteiger partial charge in [-0.1, -0.05) is 5.21 Å². The molecule has 2 aromatic rings. The second-order valence-electron chi connectivity index (χ2n) is 2.11. The van der Waals surface area contributed by atoms with Crippen LogP contribution in [0.5, 0.6) is 0 Å². The maximum absolute atomic E-state index is 12.6. The molecule has 2 heterocycles. The summed E-state index contributed by atoms with van der Waals surface area (Å²) in [6.07, 6.45) is 2.65. The minimum absolute atomic E-state index is 0.379. The first-order chi connectivity index (χ1) is 6.27. The van der Waals surface area contributed by atoms with Crippen LogP contribution < -0.4 is 0 Å². The summed E-state index contributed by atoms with van der Waals surface area (Å²) in [6.45, 7) is 0. The quantitative estimate of drug-likeness (QED) is 0.627. The lowest BCUT2D eigenvalue weighted by Crippen LogP contribution is -1.97. The zero-order valence-corrected chi connectivity index (χ0v) is 5.98. The third-order valence-electron chi connectivity index (χ3n) is 1.31. The molecule has 4 nitrogen and oxygen atoms in total. The predicted molar refractivity (Wildman–Crippen MR) is 39.1 cm³/mol. The molecule has 0 fully saturated rings. The summed E-state index contributed by atoms with van der Waals surface area (Å²) in [5, 5.41) is 7.22. The summed E-state index contributed by atoms with van der Waals surface area (Å²) in [5.41, 5.74) is 0. The Morgan fingerprint density at radius 1 is 1.50 bits per heavy atom. The van der Waals surface area contributed by atoms with Crippen molar-refractivity contribution in [3.8, 4) is 5.82 Å². The molecule has 0 aliphatic heterocycles. The number of hydrogen-bond acceptors (Lipinski definition) is 3. The predicted octanol–water partition coefficient (Wildman–Crippen LogP) is 0.801. The molecule has 0 aliphatic carbocycles. The maximum Gasteiger partial charge on any atom is 0.155 e. The number of halogens is 1. The highest BCUT2D eigenvalue weighted by Gasteiger charge is 1.97. The van der Waals surface area contributed by atoms with Gasteiger partial charge in [0.1, 0.15) is 5.82 Å². The van der Waals surface area contributed by atoms with E-state index in [1.165, 1.54) is 23.0 Å². The van der Waals surface area contributed by atoms with Crippen LogP contribution >= 0.6 is 0 Å². The Morgan fingerprint density at radius 3 is 3.08 bits per heavy atom. The van der Waals surface area contributed by atoms with Crippen molar-refractivity contribution in [2.75, 3.05) is 0 Å². The summed E-state index contributed by atoms with van der Waals surface area (Å²) < 4.78 is 21.1. The van der Waals surface area contributed by atoms with E-state index in [1.807, 2.05) is 0 Å². The fraction of sp³-hybridized carbons (Fsp3) is 0. The highest BCUT2D eigenvalue weighted by Crippen LogP contribution is 2.01. The van der Waals surface area contributed by atoms with Crippen LogP contribution in [0.15, 0.2) is 30.7 Å². The van der Waals surface area contributed by atoms with Gasteiger partial charge in [0, 0.05) is 0 Å². The monoisotopic (exact) mass is 165 g/mol. The highest BCUT2D eigenvalue weighted by molar-refractivity contribution is 5.19. The van der Waals surface area contributed by atoms with Crippen molar-refractivity contribution in [2.45, 2.75) is 0 Å². The standard InChI is InChI=1S/C7H5FN4/c8-6-1-2-7(9-5-6)12-4-3-10-11-12/h1-5H/i5D. The zero-order valence-electron chi connectivity index (χ0n) is 6.98. The van der Waals surface area contributed by atoms with Gasteiger partial charge in [-0.2, -0.15) is 0 Å². The highest BCUT2D eigenvalue weighted by atomic mass is 19.1. The largest absolute Gasteiger partial charge is 0.234 e. The molecule has 0 amide bonds. The fourth-order valence-corrected chi connectivity index (χ4v) is 0.791. The van der Waals surface area contributed by atoms with Crippen molar-refractivity contribution in [3.63, 3.8) is 0 Å². The minimum atomic E-state index is -0.649. The van der Waals surface area contributed by atoms with Gasteiger partial charge in [-0.25, -0.2) is 14.1 Å². The molecule has 12 heavy (non-hydrogen) atoms. The van der Waals surface area contributed by atoms with E-state index in [1.54, 1.807) is 6.20 Å². The molecule has 0 atom stereocenters. The van der Waals surface area contributed by atoms with Gasteiger partial charge in [0.05, 0.1) is 19.9 Å². The Labute approximate surface area is 69.1 Å². The molecular formula is C7H5FN4. The van der Waals surface area contributed by atoms with Crippen LogP contribution in [0, 0.1) is 5.82 Å². The van der Waals surface area contributed by atoms with Crippen LogP contribution in [0.25, 0.3) is 5.82 Å². The number of nitrogens with zero attached hydrogens (tertiary/aromatic N) is 4. The number of aromatic nitrogens is 4. The first-order valence-electron chi connectivity index (χ1n) is 3.77. The first kappa shape index (κ1) is 5.82. The van der Waals surface area contributed by atoms with E-state index in [4.69, 9.17) is 1.37 Å². The van der Waals surface area contributed by atoms with Gasteiger partial charge in [0.15, 0.2) is 5.82 Å². The lowest BCUT2D eigenvalue weighted by molar-refractivity contribution is 0.618. The molecule has 0 N–H and O–H groups in total. The Morgan fingerprint density at radius 2 is 2.42 bits per heavy atom. The average Bonchev–Trinajstić information content (AvgIpc) is 2.62. The summed E-state index contributed by atoms with van der Waals surface area (Å²) in [7, 11) is 0. The first-order valence-corrected chi connectivity index (χ1v) is 3.27. The molecule has 0 radical (unpaired) electrons. The number of hydrogen-bond donors (Lipinski definition) is 0. The van der Waals surface area contributed by atoms with Gasteiger partial charge in [-0.15, -0.1) is 5.10 Å². The van der Waals surface area contributed by atoms with Crippen molar-refractivity contribution in [1.29, 1.82) is 0 Å². The molecule has 5 heteroatoms. The number of rotatable bonds is 1. The Balaban J connectivity index is 2.49. The third-order valence-corrected chi connectivity index (χ3v) is 1.31. The van der Waals surface area contributed by atoms with Gasteiger partial charge in [0.25, 0.3) is 0 Å². The third kappa shape index (κ3) is 1.16. The van der Waals surface area contributed by atoms with E-state index in [9.17, 15) is 4.39 Å². The summed E-state index contributed by atoms with van der Waals surface area (Å²) in [5.74, 6) is -0.271. The second kappa shape index (κ2) is 2.69. The Hall–Kier alpha value is -1.78. The topological polar surface area (TPSA) is 43.6 Å². The summed E-state index contributed by atoms with van der Waals surface area (Å²) in [6, 6.07) is 2.61. The van der Waals surface area contributed by atoms with Crippen molar-refractivity contribution in [2.24, 2.45) is 0 Å². The molecule has 2 rings (SSSR count). The molecule has 0 bridgehead atoms. The normalized spacial score (nSPS) is 11.2. The second-order valence-corrected chi connectivity index (χ2v) is 2.11. The molecule has 0 saturated carbocycles. The van der Waals surface area contributed by atoms with Crippen LogP contribution in [-0.4, -0.2) is 20.0 Å². The lowest BCUT2D eigenvalue weighted by Gasteiger charge is -1.96. The number of pyridine rings is 1. The van der Waals surface area contributed by atoms with Crippen LogP contribution in [0.3, 0.4) is 0 Å². The van der Waals surface area contributed by atoms with E-state index in [2.05, 4.69) is 15.3 Å². The summed E-state index contributed by atoms with van der Waals surface area (Å²) in [4.78, 5) is 3.67. The average molecular weight is 165 g/mol. The maximum atomic E-state index is 12.6. The Bertz CT molecular complexity index is 414. The SMILES string of the molecule is [2H]c1nc(-n2ccnn2)ccc1F. The molecule has 0 unspecified atom stereocenters. The van der Waals surface area contributed by atoms with Crippen molar-refractivity contribution in [3.05, 3.63) is 36.5 Å². The van der Waals surface area contributed by atoms with Crippen LogP contribution in [0.1, 0.15) is 1.37 Å². The van der Waals surface area contributed by atoms with Crippen LogP contribution in [-0.2, 0) is 0 Å². The molecule has 0 aromatic carbocycles. The molecular weight excluding hydrogens is 159 g/mol. The van der Waals surface area contributed by atoms with E-state index in [0.29, 0.717) is 5.82 Å². The molecule has 60 valence electrons. The van der Waals surface area contributed by atoms with Gasteiger partial charge < -0.3 is 0 Å². The van der Waals surface area contributed by atoms with Crippen molar-refractivity contribution in [1.82, 2.24) is 20.0 Å². The van der Waals surface area contributed by atoms with E-state index in [-0.39, 0.29) is 0 Å². The smallest absolute Gasteiger partial charge is 0.155 e. The summed E-state index contributed by atoms with van der Waals surface area (Å²) >= 11 is 0. The van der Waals surface area contributed by atoms with Gasteiger partial charge >= 0.3 is 0 Å². The molecule has 0 spiro atoms. The van der Waals surface area contributed by atoms with E-state index >= 15 is 0 Å². The minimum Gasteiger partial charge on any atom is -0.234 e. The zero-order chi connectivity index (χ0) is 9.26. The van der Waals surface area contributed by atoms with Crippen molar-refractivity contribution >= 4 is 0 Å². The van der Waals surface area contributed by atoms with E-state index < -0.39 is 12.0 Å². The molecule has 0 aliphatic rings. The van der Waals surface area contributed by atoms with Gasteiger partial charge in [-0.3, -0.25) is 0 Å². The van der Waals surface area contributed by atoms with Crippen LogP contribution in [0.4, 0.5) is 4.39 Å². The van der Waals surface area contributed by atoms with Crippen LogP contribution in [0.2, 0.25) is 0 Å². The Kier molecular flexibility index (Phi) is 1.30. The van der Waals surface area contributed by atoms with Gasteiger partial charge in [0.2, 0.25) is 0 Å². The van der Waals surface area contributed by atoms with Crippen molar-refractivity contribution < 1.29 is 5.76 Å². The fourth-order valence-electron chi connectivity index (χ4n) is 0.791. The molecule has 0 saturated heterocycles. The van der Waals surface area contributed by atoms with E-state index in [0.717, 1.165) is 0 Å². The van der Waals surface area contributed by atoms with Gasteiger partial charge in [-0.05, 0) is 12.1 Å². The molecule has 2 aromatic heterocycles.